The Morgan fingerprint density at radius 2 is 1.21 bits per heavy atom. The van der Waals surface area contributed by atoms with Crippen molar-refractivity contribution in [3.8, 4) is 0 Å². The lowest BCUT2D eigenvalue weighted by Gasteiger charge is -2.37. The molecule has 1 fully saturated rings. The van der Waals surface area contributed by atoms with Crippen molar-refractivity contribution in [3.05, 3.63) is 35.4 Å². The number of unbranched alkanes of at least 4 members (excludes halogenated alkanes) is 13. The van der Waals surface area contributed by atoms with Gasteiger partial charge in [-0.15, -0.1) is 0 Å². The van der Waals surface area contributed by atoms with Crippen LogP contribution in [0.3, 0.4) is 0 Å². The second kappa shape index (κ2) is 19.5. The van der Waals surface area contributed by atoms with E-state index in [9.17, 15) is 4.79 Å². The lowest BCUT2D eigenvalue weighted by Crippen LogP contribution is -2.45. The van der Waals surface area contributed by atoms with Crippen LogP contribution in [0.25, 0.3) is 0 Å². The number of benzene rings is 1. The van der Waals surface area contributed by atoms with Crippen LogP contribution in [-0.4, -0.2) is 29.2 Å². The number of nitrogens with zero attached hydrogens (tertiary/aromatic N) is 1. The first-order valence-electron chi connectivity index (χ1n) is 16.9. The standard InChI is InChI=1S/C36H63NO2/c1-6-8-9-10-11-12-13-14-15-16-17-18-19-20-21-31-22-24-32(25-23-31)33-26-28-34(29-27-33)37(30-7-2)35(38)39-36(3,4)5/h22-25,33-34H,6-21,26-30H2,1-5H3. The highest BCUT2D eigenvalue weighted by Gasteiger charge is 2.31. The number of ether oxygens (including phenoxy) is 1. The van der Waals surface area contributed by atoms with Crippen molar-refractivity contribution in [2.75, 3.05) is 6.54 Å². The average molecular weight is 542 g/mol. The lowest BCUT2D eigenvalue weighted by molar-refractivity contribution is 0.0115. The Labute approximate surface area is 242 Å². The Balaban J connectivity index is 1.57. The number of aryl methyl sites for hydroxylation is 1. The molecular formula is C36H63NO2. The van der Waals surface area contributed by atoms with Gasteiger partial charge >= 0.3 is 6.09 Å². The Morgan fingerprint density at radius 1 is 0.718 bits per heavy atom. The van der Waals surface area contributed by atoms with E-state index in [4.69, 9.17) is 4.74 Å². The van der Waals surface area contributed by atoms with E-state index < -0.39 is 5.60 Å². The van der Waals surface area contributed by atoms with Crippen molar-refractivity contribution >= 4 is 6.09 Å². The molecule has 3 nitrogen and oxygen atoms in total. The van der Waals surface area contributed by atoms with Crippen molar-refractivity contribution < 1.29 is 9.53 Å². The summed E-state index contributed by atoms with van der Waals surface area (Å²) in [6.07, 6.45) is 26.4. The van der Waals surface area contributed by atoms with Crippen LogP contribution in [0.15, 0.2) is 24.3 Å². The summed E-state index contributed by atoms with van der Waals surface area (Å²) in [4.78, 5) is 14.8. The van der Waals surface area contributed by atoms with Gasteiger partial charge in [0.2, 0.25) is 0 Å². The molecule has 0 aromatic heterocycles. The van der Waals surface area contributed by atoms with E-state index in [1.807, 2.05) is 25.7 Å². The number of hydrogen-bond donors (Lipinski definition) is 0. The van der Waals surface area contributed by atoms with Gasteiger partial charge in [0, 0.05) is 12.6 Å². The molecule has 0 saturated heterocycles. The van der Waals surface area contributed by atoms with Crippen LogP contribution in [0.5, 0.6) is 0 Å². The van der Waals surface area contributed by atoms with E-state index in [0.717, 1.165) is 38.6 Å². The Bertz CT molecular complexity index is 742. The highest BCUT2D eigenvalue weighted by Crippen LogP contribution is 2.35. The molecule has 0 radical (unpaired) electrons. The SMILES string of the molecule is CCCCCCCCCCCCCCCCc1ccc(C2CCC(N(CCC)C(=O)OC(C)(C)C)CC2)cc1. The van der Waals surface area contributed by atoms with Crippen LogP contribution in [0.2, 0.25) is 0 Å². The number of hydrogen-bond acceptors (Lipinski definition) is 2. The number of carbonyl (C=O) groups excluding carboxylic acids is 1. The second-order valence-corrected chi connectivity index (χ2v) is 13.3. The van der Waals surface area contributed by atoms with E-state index in [-0.39, 0.29) is 6.09 Å². The van der Waals surface area contributed by atoms with Gasteiger partial charge in [-0.1, -0.05) is 122 Å². The van der Waals surface area contributed by atoms with Crippen LogP contribution >= 0.6 is 0 Å². The third-order valence-electron chi connectivity index (χ3n) is 8.50. The Hall–Kier alpha value is -1.51. The molecule has 0 spiro atoms. The van der Waals surface area contributed by atoms with Gasteiger partial charge in [0.1, 0.15) is 5.60 Å². The molecule has 1 amide bonds. The molecule has 1 aliphatic rings. The minimum absolute atomic E-state index is 0.138. The van der Waals surface area contributed by atoms with Crippen LogP contribution in [0.4, 0.5) is 4.79 Å². The minimum atomic E-state index is -0.436. The zero-order chi connectivity index (χ0) is 28.3. The van der Waals surface area contributed by atoms with Crippen LogP contribution in [0, 0.1) is 0 Å². The van der Waals surface area contributed by atoms with Gasteiger partial charge in [-0.2, -0.15) is 0 Å². The molecule has 0 heterocycles. The quantitative estimate of drug-likeness (QED) is 0.163. The second-order valence-electron chi connectivity index (χ2n) is 13.3. The molecule has 2 rings (SSSR count). The van der Waals surface area contributed by atoms with E-state index in [0.29, 0.717) is 12.0 Å². The minimum Gasteiger partial charge on any atom is -0.444 e. The molecule has 0 aliphatic heterocycles. The molecule has 1 aromatic carbocycles. The molecule has 224 valence electrons. The zero-order valence-electron chi connectivity index (χ0n) is 26.6. The lowest BCUT2D eigenvalue weighted by atomic mass is 9.81. The third kappa shape index (κ3) is 14.6. The fraction of sp³-hybridized carbons (Fsp3) is 0.806. The first-order valence-corrected chi connectivity index (χ1v) is 16.9. The summed E-state index contributed by atoms with van der Waals surface area (Å²) in [5.41, 5.74) is 2.54. The molecule has 1 aromatic rings. The maximum atomic E-state index is 12.8. The van der Waals surface area contributed by atoms with Gasteiger partial charge in [0.25, 0.3) is 0 Å². The van der Waals surface area contributed by atoms with Crippen molar-refractivity contribution in [2.24, 2.45) is 0 Å². The first-order chi connectivity index (χ1) is 18.8. The maximum Gasteiger partial charge on any atom is 0.410 e. The Kier molecular flexibility index (Phi) is 16.9. The summed E-state index contributed by atoms with van der Waals surface area (Å²) in [5.74, 6) is 0.624. The van der Waals surface area contributed by atoms with Crippen molar-refractivity contribution in [1.29, 1.82) is 0 Å². The van der Waals surface area contributed by atoms with Crippen molar-refractivity contribution in [3.63, 3.8) is 0 Å². The zero-order valence-corrected chi connectivity index (χ0v) is 26.6. The number of carbonyl (C=O) groups is 1. The van der Waals surface area contributed by atoms with Crippen LogP contribution < -0.4 is 0 Å². The van der Waals surface area contributed by atoms with Gasteiger partial charge in [-0.05, 0) is 82.8 Å². The molecule has 1 saturated carbocycles. The average Bonchev–Trinajstić information content (AvgIpc) is 2.91. The van der Waals surface area contributed by atoms with Gasteiger partial charge in [0.05, 0.1) is 0 Å². The van der Waals surface area contributed by atoms with Crippen molar-refractivity contribution in [1.82, 2.24) is 4.90 Å². The summed E-state index contributed by atoms with van der Waals surface area (Å²) < 4.78 is 5.71. The number of amides is 1. The Morgan fingerprint density at radius 3 is 1.67 bits per heavy atom. The maximum absolute atomic E-state index is 12.8. The van der Waals surface area contributed by atoms with E-state index >= 15 is 0 Å². The van der Waals surface area contributed by atoms with Crippen LogP contribution in [0.1, 0.15) is 174 Å². The van der Waals surface area contributed by atoms with Crippen molar-refractivity contribution in [2.45, 2.75) is 181 Å². The monoisotopic (exact) mass is 541 g/mol. The third-order valence-corrected chi connectivity index (χ3v) is 8.50. The predicted molar refractivity (Wildman–Crippen MR) is 169 cm³/mol. The smallest absolute Gasteiger partial charge is 0.410 e. The molecular weight excluding hydrogens is 478 g/mol. The summed E-state index contributed by atoms with van der Waals surface area (Å²) in [5, 5.41) is 0. The van der Waals surface area contributed by atoms with Gasteiger partial charge < -0.3 is 9.64 Å². The fourth-order valence-corrected chi connectivity index (χ4v) is 6.19. The fourth-order valence-electron chi connectivity index (χ4n) is 6.19. The molecule has 0 unspecified atom stereocenters. The summed E-state index contributed by atoms with van der Waals surface area (Å²) >= 11 is 0. The van der Waals surface area contributed by atoms with E-state index in [2.05, 4.69) is 38.1 Å². The highest BCUT2D eigenvalue weighted by atomic mass is 16.6. The first kappa shape index (κ1) is 33.7. The predicted octanol–water partition coefficient (Wildman–Crippen LogP) is 11.4. The van der Waals surface area contributed by atoms with E-state index in [1.54, 1.807) is 0 Å². The topological polar surface area (TPSA) is 29.5 Å². The normalized spacial score (nSPS) is 17.8. The van der Waals surface area contributed by atoms with Gasteiger partial charge in [-0.3, -0.25) is 0 Å². The van der Waals surface area contributed by atoms with Crippen LogP contribution in [-0.2, 0) is 11.2 Å². The molecule has 0 bridgehead atoms. The largest absolute Gasteiger partial charge is 0.444 e. The van der Waals surface area contributed by atoms with Gasteiger partial charge in [-0.25, -0.2) is 4.79 Å². The summed E-state index contributed by atoms with van der Waals surface area (Å²) in [6, 6.07) is 9.81. The summed E-state index contributed by atoms with van der Waals surface area (Å²) in [6.45, 7) is 11.1. The van der Waals surface area contributed by atoms with Gasteiger partial charge in [0.15, 0.2) is 0 Å². The molecule has 0 N–H and O–H groups in total. The molecule has 0 atom stereocenters. The number of rotatable bonds is 19. The summed E-state index contributed by atoms with van der Waals surface area (Å²) in [7, 11) is 0. The molecule has 1 aliphatic carbocycles. The molecule has 3 heteroatoms. The highest BCUT2D eigenvalue weighted by molar-refractivity contribution is 5.68. The van der Waals surface area contributed by atoms with E-state index in [1.165, 1.54) is 107 Å². The molecule has 39 heavy (non-hydrogen) atoms.